The van der Waals surface area contributed by atoms with Crippen LogP contribution in [0.3, 0.4) is 0 Å². The lowest BCUT2D eigenvalue weighted by atomic mass is 9.79. The molecule has 0 amide bonds. The van der Waals surface area contributed by atoms with Crippen LogP contribution in [0.5, 0.6) is 0 Å². The second-order valence-corrected chi connectivity index (χ2v) is 7.08. The summed E-state index contributed by atoms with van der Waals surface area (Å²) < 4.78 is 15.4. The van der Waals surface area contributed by atoms with Crippen LogP contribution in [-0.2, 0) is 19.0 Å². The zero-order chi connectivity index (χ0) is 17.2. The standard InChI is InChI=1S/C18H34N2O4/c1-19-7-3-16(4-8-19)17-5-9-20(10-6-17)15-18(21)24-14-13-23-12-11-22-2/h16-17H,3-15H2,1-2H3. The lowest BCUT2D eigenvalue weighted by Gasteiger charge is -2.39. The Morgan fingerprint density at radius 1 is 0.917 bits per heavy atom. The second kappa shape index (κ2) is 11.0. The molecule has 0 aromatic carbocycles. The van der Waals surface area contributed by atoms with Gasteiger partial charge in [-0.15, -0.1) is 0 Å². The number of carbonyl (C=O) groups is 1. The number of ether oxygens (including phenoxy) is 3. The highest BCUT2D eigenvalue weighted by atomic mass is 16.6. The van der Waals surface area contributed by atoms with Crippen LogP contribution in [0, 0.1) is 11.8 Å². The molecule has 0 saturated carbocycles. The van der Waals surface area contributed by atoms with E-state index in [2.05, 4.69) is 16.8 Å². The molecule has 0 N–H and O–H groups in total. The Kier molecular flexibility index (Phi) is 9.02. The summed E-state index contributed by atoms with van der Waals surface area (Å²) in [6.45, 7) is 6.82. The molecule has 2 heterocycles. The van der Waals surface area contributed by atoms with Gasteiger partial charge in [-0.25, -0.2) is 0 Å². The number of methoxy groups -OCH3 is 1. The molecule has 0 unspecified atom stereocenters. The summed E-state index contributed by atoms with van der Waals surface area (Å²) in [5.41, 5.74) is 0. The molecule has 0 aliphatic carbocycles. The van der Waals surface area contributed by atoms with Gasteiger partial charge in [0.1, 0.15) is 6.61 Å². The average molecular weight is 342 g/mol. The summed E-state index contributed by atoms with van der Waals surface area (Å²) in [4.78, 5) is 16.5. The molecule has 2 saturated heterocycles. The molecular formula is C18H34N2O4. The van der Waals surface area contributed by atoms with Gasteiger partial charge in [0.25, 0.3) is 0 Å². The van der Waals surface area contributed by atoms with E-state index in [0.29, 0.717) is 33.0 Å². The Labute approximate surface area is 146 Å². The SMILES string of the molecule is COCCOCCOC(=O)CN1CCC(C2CCN(C)CC2)CC1. The van der Waals surface area contributed by atoms with Crippen molar-refractivity contribution in [3.05, 3.63) is 0 Å². The van der Waals surface area contributed by atoms with E-state index in [1.54, 1.807) is 7.11 Å². The highest BCUT2D eigenvalue weighted by Gasteiger charge is 2.29. The van der Waals surface area contributed by atoms with E-state index >= 15 is 0 Å². The van der Waals surface area contributed by atoms with E-state index in [-0.39, 0.29) is 5.97 Å². The number of carbonyl (C=O) groups excluding carboxylic acids is 1. The molecule has 0 bridgehead atoms. The molecule has 24 heavy (non-hydrogen) atoms. The van der Waals surface area contributed by atoms with E-state index < -0.39 is 0 Å². The molecule has 0 aromatic heterocycles. The minimum atomic E-state index is -0.136. The first-order valence-corrected chi connectivity index (χ1v) is 9.32. The van der Waals surface area contributed by atoms with Gasteiger partial charge in [-0.2, -0.15) is 0 Å². The first-order valence-electron chi connectivity index (χ1n) is 9.32. The smallest absolute Gasteiger partial charge is 0.320 e. The molecule has 0 spiro atoms. The van der Waals surface area contributed by atoms with Crippen molar-refractivity contribution in [3.63, 3.8) is 0 Å². The number of rotatable bonds is 9. The third-order valence-corrected chi connectivity index (χ3v) is 5.34. The van der Waals surface area contributed by atoms with Crippen LogP contribution in [-0.4, -0.2) is 89.1 Å². The van der Waals surface area contributed by atoms with Crippen molar-refractivity contribution in [2.45, 2.75) is 25.7 Å². The third-order valence-electron chi connectivity index (χ3n) is 5.34. The third kappa shape index (κ3) is 7.05. The quantitative estimate of drug-likeness (QED) is 0.464. The maximum Gasteiger partial charge on any atom is 0.320 e. The van der Waals surface area contributed by atoms with E-state index in [9.17, 15) is 4.79 Å². The summed E-state index contributed by atoms with van der Waals surface area (Å²) >= 11 is 0. The van der Waals surface area contributed by atoms with Gasteiger partial charge in [0.2, 0.25) is 0 Å². The summed E-state index contributed by atoms with van der Waals surface area (Å²) in [6.07, 6.45) is 5.13. The molecule has 6 nitrogen and oxygen atoms in total. The maximum atomic E-state index is 11.9. The van der Waals surface area contributed by atoms with Crippen LogP contribution in [0.25, 0.3) is 0 Å². The highest BCUT2D eigenvalue weighted by Crippen LogP contribution is 2.31. The Morgan fingerprint density at radius 2 is 1.50 bits per heavy atom. The zero-order valence-corrected chi connectivity index (χ0v) is 15.4. The molecule has 2 aliphatic heterocycles. The van der Waals surface area contributed by atoms with Gasteiger partial charge in [0, 0.05) is 7.11 Å². The maximum absolute atomic E-state index is 11.9. The summed E-state index contributed by atoms with van der Waals surface area (Å²) in [6, 6.07) is 0. The summed E-state index contributed by atoms with van der Waals surface area (Å²) in [5, 5.41) is 0. The van der Waals surface area contributed by atoms with Gasteiger partial charge in [0.05, 0.1) is 26.4 Å². The lowest BCUT2D eigenvalue weighted by Crippen LogP contribution is -2.41. The largest absolute Gasteiger partial charge is 0.462 e. The van der Waals surface area contributed by atoms with Gasteiger partial charge >= 0.3 is 5.97 Å². The van der Waals surface area contributed by atoms with Crippen molar-refractivity contribution in [2.24, 2.45) is 11.8 Å². The fraction of sp³-hybridized carbons (Fsp3) is 0.944. The topological polar surface area (TPSA) is 51.2 Å². The van der Waals surface area contributed by atoms with Gasteiger partial charge in [-0.05, 0) is 70.7 Å². The number of esters is 1. The first-order chi connectivity index (χ1) is 11.7. The van der Waals surface area contributed by atoms with Crippen molar-refractivity contribution in [2.75, 3.05) is 73.3 Å². The van der Waals surface area contributed by atoms with E-state index in [0.717, 1.165) is 24.9 Å². The van der Waals surface area contributed by atoms with Crippen LogP contribution >= 0.6 is 0 Å². The van der Waals surface area contributed by atoms with Crippen LogP contribution in [0.4, 0.5) is 0 Å². The van der Waals surface area contributed by atoms with Crippen molar-refractivity contribution < 1.29 is 19.0 Å². The monoisotopic (exact) mass is 342 g/mol. The number of hydrogen-bond donors (Lipinski definition) is 0. The van der Waals surface area contributed by atoms with Crippen molar-refractivity contribution in [1.82, 2.24) is 9.80 Å². The molecule has 2 fully saturated rings. The normalized spacial score (nSPS) is 21.9. The lowest BCUT2D eigenvalue weighted by molar-refractivity contribution is -0.147. The zero-order valence-electron chi connectivity index (χ0n) is 15.4. The predicted octanol–water partition coefficient (Wildman–Crippen LogP) is 1.25. The van der Waals surface area contributed by atoms with Crippen molar-refractivity contribution in [3.8, 4) is 0 Å². The van der Waals surface area contributed by atoms with Crippen LogP contribution in [0.1, 0.15) is 25.7 Å². The average Bonchev–Trinajstić information content (AvgIpc) is 2.59. The van der Waals surface area contributed by atoms with Gasteiger partial charge in [-0.3, -0.25) is 9.69 Å². The molecule has 6 heteroatoms. The summed E-state index contributed by atoms with van der Waals surface area (Å²) in [7, 11) is 3.85. The first kappa shape index (κ1) is 19.6. The minimum absolute atomic E-state index is 0.136. The Balaban J connectivity index is 1.53. The van der Waals surface area contributed by atoms with E-state index in [1.807, 2.05) is 0 Å². The highest BCUT2D eigenvalue weighted by molar-refractivity contribution is 5.71. The van der Waals surface area contributed by atoms with E-state index in [4.69, 9.17) is 14.2 Å². The van der Waals surface area contributed by atoms with Gasteiger partial charge in [-0.1, -0.05) is 0 Å². The molecule has 2 aliphatic rings. The summed E-state index contributed by atoms with van der Waals surface area (Å²) in [5.74, 6) is 1.60. The number of likely N-dealkylation sites (tertiary alicyclic amines) is 2. The minimum Gasteiger partial charge on any atom is -0.462 e. The van der Waals surface area contributed by atoms with Crippen LogP contribution < -0.4 is 0 Å². The molecule has 2 rings (SSSR count). The number of hydrogen-bond acceptors (Lipinski definition) is 6. The fourth-order valence-electron chi connectivity index (χ4n) is 3.77. The van der Waals surface area contributed by atoms with Gasteiger partial charge < -0.3 is 19.1 Å². The fourth-order valence-corrected chi connectivity index (χ4v) is 3.77. The Bertz CT molecular complexity index is 351. The molecule has 0 atom stereocenters. The molecule has 0 aromatic rings. The van der Waals surface area contributed by atoms with Crippen molar-refractivity contribution >= 4 is 5.97 Å². The van der Waals surface area contributed by atoms with Crippen LogP contribution in [0.2, 0.25) is 0 Å². The molecule has 0 radical (unpaired) electrons. The second-order valence-electron chi connectivity index (χ2n) is 7.08. The number of piperidine rings is 2. The predicted molar refractivity (Wildman–Crippen MR) is 93.0 cm³/mol. The van der Waals surface area contributed by atoms with Crippen LogP contribution in [0.15, 0.2) is 0 Å². The molecule has 140 valence electrons. The van der Waals surface area contributed by atoms with Crippen molar-refractivity contribution in [1.29, 1.82) is 0 Å². The Morgan fingerprint density at radius 3 is 2.12 bits per heavy atom. The molecular weight excluding hydrogens is 308 g/mol. The van der Waals surface area contributed by atoms with E-state index in [1.165, 1.54) is 38.8 Å². The number of nitrogens with zero attached hydrogens (tertiary/aromatic N) is 2. The van der Waals surface area contributed by atoms with Gasteiger partial charge in [0.15, 0.2) is 0 Å². The Hall–Kier alpha value is -0.690.